The SMILES string of the molecule is COc1ccc(S(=O)(=O)NCC(CC(C)C)N2CCOCC2)cc1Cl. The maximum Gasteiger partial charge on any atom is 0.240 e. The fraction of sp³-hybridized carbons (Fsp3) is 0.647. The molecule has 0 bridgehead atoms. The molecule has 0 spiro atoms. The number of hydrogen-bond acceptors (Lipinski definition) is 5. The predicted octanol–water partition coefficient (Wildman–Crippen LogP) is 2.37. The normalized spacial score (nSPS) is 17.6. The van der Waals surface area contributed by atoms with Crippen LogP contribution in [0.4, 0.5) is 0 Å². The van der Waals surface area contributed by atoms with Crippen molar-refractivity contribution in [3.05, 3.63) is 23.2 Å². The summed E-state index contributed by atoms with van der Waals surface area (Å²) in [4.78, 5) is 2.44. The second-order valence-electron chi connectivity index (χ2n) is 6.58. The number of sulfonamides is 1. The van der Waals surface area contributed by atoms with Crippen LogP contribution in [0.25, 0.3) is 0 Å². The van der Waals surface area contributed by atoms with E-state index in [-0.39, 0.29) is 16.0 Å². The number of benzene rings is 1. The highest BCUT2D eigenvalue weighted by Gasteiger charge is 2.24. The number of hydrogen-bond donors (Lipinski definition) is 1. The van der Waals surface area contributed by atoms with Crippen molar-refractivity contribution in [2.75, 3.05) is 40.0 Å². The van der Waals surface area contributed by atoms with Gasteiger partial charge in [-0.05, 0) is 30.5 Å². The smallest absolute Gasteiger partial charge is 0.240 e. The molecule has 1 aromatic rings. The summed E-state index contributed by atoms with van der Waals surface area (Å²) in [6.45, 7) is 7.69. The molecule has 1 atom stereocenters. The highest BCUT2D eigenvalue weighted by Crippen LogP contribution is 2.27. The van der Waals surface area contributed by atoms with Crippen molar-refractivity contribution in [2.45, 2.75) is 31.2 Å². The number of methoxy groups -OCH3 is 1. The van der Waals surface area contributed by atoms with Gasteiger partial charge in [-0.2, -0.15) is 0 Å². The average Bonchev–Trinajstić information content (AvgIpc) is 2.59. The number of rotatable bonds is 8. The molecule has 1 fully saturated rings. The molecule has 1 aliphatic heterocycles. The molecule has 1 heterocycles. The average molecular weight is 391 g/mol. The largest absolute Gasteiger partial charge is 0.495 e. The first-order valence-corrected chi connectivity index (χ1v) is 10.3. The number of ether oxygens (including phenoxy) is 2. The van der Waals surface area contributed by atoms with E-state index in [0.717, 1.165) is 19.5 Å². The molecule has 6 nitrogen and oxygen atoms in total. The zero-order valence-electron chi connectivity index (χ0n) is 15.0. The summed E-state index contributed by atoms with van der Waals surface area (Å²) in [5.74, 6) is 0.930. The summed E-state index contributed by atoms with van der Waals surface area (Å²) in [6.07, 6.45) is 0.923. The van der Waals surface area contributed by atoms with Crippen molar-refractivity contribution in [2.24, 2.45) is 5.92 Å². The fourth-order valence-corrected chi connectivity index (χ4v) is 4.37. The minimum absolute atomic E-state index is 0.142. The maximum absolute atomic E-state index is 12.6. The number of morpholine rings is 1. The Morgan fingerprint density at radius 3 is 2.56 bits per heavy atom. The van der Waals surface area contributed by atoms with Crippen LogP contribution < -0.4 is 9.46 Å². The Labute approximate surface area is 155 Å². The van der Waals surface area contributed by atoms with Gasteiger partial charge in [-0.3, -0.25) is 4.90 Å². The van der Waals surface area contributed by atoms with Gasteiger partial charge in [0.05, 0.1) is 30.2 Å². The van der Waals surface area contributed by atoms with Crippen molar-refractivity contribution < 1.29 is 17.9 Å². The molecule has 1 N–H and O–H groups in total. The molecule has 142 valence electrons. The first-order chi connectivity index (χ1) is 11.8. The van der Waals surface area contributed by atoms with E-state index in [2.05, 4.69) is 23.5 Å². The van der Waals surface area contributed by atoms with Crippen LogP contribution in [-0.4, -0.2) is 59.3 Å². The van der Waals surface area contributed by atoms with E-state index in [0.29, 0.717) is 31.4 Å². The molecule has 2 rings (SSSR count). The van der Waals surface area contributed by atoms with E-state index >= 15 is 0 Å². The molecule has 0 radical (unpaired) electrons. The lowest BCUT2D eigenvalue weighted by Gasteiger charge is -2.35. The Hall–Kier alpha value is -0.860. The van der Waals surface area contributed by atoms with Crippen LogP contribution in [0.5, 0.6) is 5.75 Å². The molecule has 0 amide bonds. The standard InChI is InChI=1S/C17H27ClN2O4S/c1-13(2)10-14(20-6-8-24-9-7-20)12-19-25(21,22)15-4-5-17(23-3)16(18)11-15/h4-5,11,13-14,19H,6-10,12H2,1-3H3. The number of nitrogens with zero attached hydrogens (tertiary/aromatic N) is 1. The Morgan fingerprint density at radius 2 is 2.00 bits per heavy atom. The van der Waals surface area contributed by atoms with Gasteiger partial charge in [0.2, 0.25) is 10.0 Å². The van der Waals surface area contributed by atoms with E-state index in [4.69, 9.17) is 21.1 Å². The van der Waals surface area contributed by atoms with Crippen LogP contribution in [0, 0.1) is 5.92 Å². The molecule has 1 aromatic carbocycles. The topological polar surface area (TPSA) is 67.9 Å². The zero-order valence-corrected chi connectivity index (χ0v) is 16.6. The van der Waals surface area contributed by atoms with Crippen LogP contribution >= 0.6 is 11.6 Å². The molecule has 0 aromatic heterocycles. The van der Waals surface area contributed by atoms with E-state index in [1.165, 1.54) is 19.2 Å². The van der Waals surface area contributed by atoms with Crippen molar-refractivity contribution in [3.63, 3.8) is 0 Å². The molecule has 1 unspecified atom stereocenters. The van der Waals surface area contributed by atoms with Crippen molar-refractivity contribution in [1.82, 2.24) is 9.62 Å². The third kappa shape index (κ3) is 5.82. The highest BCUT2D eigenvalue weighted by atomic mass is 35.5. The Bertz CT molecular complexity index is 661. The minimum atomic E-state index is -3.63. The van der Waals surface area contributed by atoms with Crippen LogP contribution in [0.15, 0.2) is 23.1 Å². The summed E-state index contributed by atoms with van der Waals surface area (Å²) in [5.41, 5.74) is 0. The van der Waals surface area contributed by atoms with Gasteiger partial charge in [-0.1, -0.05) is 25.4 Å². The molecule has 8 heteroatoms. The summed E-state index contributed by atoms with van der Waals surface area (Å²) < 4.78 is 38.4. The van der Waals surface area contributed by atoms with Crippen molar-refractivity contribution >= 4 is 21.6 Å². The lowest BCUT2D eigenvalue weighted by atomic mass is 10.0. The van der Waals surface area contributed by atoms with Gasteiger partial charge in [-0.25, -0.2) is 13.1 Å². The van der Waals surface area contributed by atoms with Gasteiger partial charge in [0, 0.05) is 25.7 Å². The summed E-state index contributed by atoms with van der Waals surface area (Å²) >= 11 is 6.05. The lowest BCUT2D eigenvalue weighted by Crippen LogP contribution is -2.49. The van der Waals surface area contributed by atoms with Gasteiger partial charge in [0.25, 0.3) is 0 Å². The Morgan fingerprint density at radius 1 is 1.32 bits per heavy atom. The Kier molecular flexibility index (Phi) is 7.51. The number of halogens is 1. The van der Waals surface area contributed by atoms with Gasteiger partial charge >= 0.3 is 0 Å². The molecule has 1 saturated heterocycles. The van der Waals surface area contributed by atoms with E-state index in [1.54, 1.807) is 6.07 Å². The highest BCUT2D eigenvalue weighted by molar-refractivity contribution is 7.89. The second kappa shape index (κ2) is 9.19. The van der Waals surface area contributed by atoms with Gasteiger partial charge in [-0.15, -0.1) is 0 Å². The van der Waals surface area contributed by atoms with Crippen LogP contribution in [-0.2, 0) is 14.8 Å². The first-order valence-electron chi connectivity index (χ1n) is 8.48. The fourth-order valence-electron chi connectivity index (χ4n) is 2.95. The number of nitrogens with one attached hydrogen (secondary N) is 1. The summed E-state index contributed by atoms with van der Waals surface area (Å²) in [7, 11) is -2.13. The van der Waals surface area contributed by atoms with Gasteiger partial charge < -0.3 is 9.47 Å². The zero-order chi connectivity index (χ0) is 18.4. The molecule has 25 heavy (non-hydrogen) atoms. The maximum atomic E-state index is 12.6. The monoisotopic (exact) mass is 390 g/mol. The summed E-state index contributed by atoms with van der Waals surface area (Å²) in [5, 5.41) is 0.275. The summed E-state index contributed by atoms with van der Waals surface area (Å²) in [6, 6.07) is 4.62. The van der Waals surface area contributed by atoms with Crippen LogP contribution in [0.1, 0.15) is 20.3 Å². The lowest BCUT2D eigenvalue weighted by molar-refractivity contribution is 0.0134. The molecular formula is C17H27ClN2O4S. The van der Waals surface area contributed by atoms with E-state index < -0.39 is 10.0 Å². The molecule has 0 aliphatic carbocycles. The third-order valence-electron chi connectivity index (χ3n) is 4.25. The molecular weight excluding hydrogens is 364 g/mol. The van der Waals surface area contributed by atoms with Crippen LogP contribution in [0.2, 0.25) is 5.02 Å². The second-order valence-corrected chi connectivity index (χ2v) is 8.75. The minimum Gasteiger partial charge on any atom is -0.495 e. The first kappa shape index (κ1) is 20.5. The van der Waals surface area contributed by atoms with Gasteiger partial charge in [0.15, 0.2) is 0 Å². The van der Waals surface area contributed by atoms with E-state index in [9.17, 15) is 8.42 Å². The van der Waals surface area contributed by atoms with Crippen LogP contribution in [0.3, 0.4) is 0 Å². The van der Waals surface area contributed by atoms with Crippen molar-refractivity contribution in [1.29, 1.82) is 0 Å². The quantitative estimate of drug-likeness (QED) is 0.738. The molecule has 1 aliphatic rings. The third-order valence-corrected chi connectivity index (χ3v) is 5.96. The van der Waals surface area contributed by atoms with E-state index in [1.807, 2.05) is 0 Å². The molecule has 0 saturated carbocycles. The Balaban J connectivity index is 2.07. The van der Waals surface area contributed by atoms with Crippen molar-refractivity contribution in [3.8, 4) is 5.75 Å². The predicted molar refractivity (Wildman–Crippen MR) is 98.8 cm³/mol. The van der Waals surface area contributed by atoms with Gasteiger partial charge in [0.1, 0.15) is 5.75 Å².